The van der Waals surface area contributed by atoms with Crippen LogP contribution < -0.4 is 15.7 Å². The van der Waals surface area contributed by atoms with Crippen molar-refractivity contribution < 1.29 is 9.63 Å². The van der Waals surface area contributed by atoms with E-state index in [-0.39, 0.29) is 17.5 Å². The van der Waals surface area contributed by atoms with Crippen molar-refractivity contribution in [3.63, 3.8) is 0 Å². The molecule has 1 fully saturated rings. The number of nitrogens with zero attached hydrogens (tertiary/aromatic N) is 6. The molecule has 1 atom stereocenters. The van der Waals surface area contributed by atoms with Gasteiger partial charge in [0.25, 0.3) is 5.56 Å². The van der Waals surface area contributed by atoms with Gasteiger partial charge in [0.2, 0.25) is 11.9 Å². The number of benzene rings is 1. The highest BCUT2D eigenvalue weighted by Crippen LogP contribution is 2.34. The molecule has 2 aromatic heterocycles. The number of hydrogen-bond donors (Lipinski definition) is 1. The number of carbonyl (C=O) groups excluding carboxylic acids is 1. The second-order valence-corrected chi connectivity index (χ2v) is 10.3. The van der Waals surface area contributed by atoms with Crippen LogP contribution >= 0.6 is 23.2 Å². The Labute approximate surface area is 236 Å². The minimum atomic E-state index is -0.448. The van der Waals surface area contributed by atoms with Crippen LogP contribution in [0, 0.1) is 0 Å². The van der Waals surface area contributed by atoms with Crippen LogP contribution in [0.4, 0.5) is 5.95 Å². The number of rotatable bonds is 7. The highest BCUT2D eigenvalue weighted by atomic mass is 35.5. The molecular formula is C27H31Cl2N7O3. The molecule has 4 heterocycles. The van der Waals surface area contributed by atoms with E-state index in [1.54, 1.807) is 30.5 Å². The molecule has 1 unspecified atom stereocenters. The standard InChI is InChI=1S/C27H31Cl2N7O3/c1-4-33-9-11-35(12-10-33)26(38)22-14-18(16-34(22)5-2)31-27-30-15-17-13-19(23-20(28)7-6-8-21(23)29)25(37)36(39-3)24(17)32-27/h6-8,13,15-16,22H,4-5,9-12,14H2,1-3H3,(H,30,31,32). The van der Waals surface area contributed by atoms with E-state index in [9.17, 15) is 9.59 Å². The molecule has 0 bridgehead atoms. The summed E-state index contributed by atoms with van der Waals surface area (Å²) in [5, 5.41) is 4.52. The van der Waals surface area contributed by atoms with E-state index in [1.807, 2.05) is 22.9 Å². The molecule has 39 heavy (non-hydrogen) atoms. The Bertz CT molecular complexity index is 1460. The number of anilines is 1. The van der Waals surface area contributed by atoms with Gasteiger partial charge < -0.3 is 24.9 Å². The van der Waals surface area contributed by atoms with Gasteiger partial charge in [0.15, 0.2) is 5.65 Å². The van der Waals surface area contributed by atoms with Crippen LogP contribution in [0.25, 0.3) is 22.2 Å². The Morgan fingerprint density at radius 3 is 2.49 bits per heavy atom. The predicted molar refractivity (Wildman–Crippen MR) is 153 cm³/mol. The predicted octanol–water partition coefficient (Wildman–Crippen LogP) is 3.34. The highest BCUT2D eigenvalue weighted by molar-refractivity contribution is 6.39. The van der Waals surface area contributed by atoms with Crippen molar-refractivity contribution in [2.75, 3.05) is 51.7 Å². The van der Waals surface area contributed by atoms with Gasteiger partial charge in [0.1, 0.15) is 13.2 Å². The fourth-order valence-electron chi connectivity index (χ4n) is 5.16. The molecule has 0 aliphatic carbocycles. The summed E-state index contributed by atoms with van der Waals surface area (Å²) in [5.41, 5.74) is 1.37. The first kappa shape index (κ1) is 27.2. The maximum Gasteiger partial charge on any atom is 0.293 e. The summed E-state index contributed by atoms with van der Waals surface area (Å²) in [4.78, 5) is 47.5. The Hall–Kier alpha value is -3.34. The number of likely N-dealkylation sites (N-methyl/N-ethyl adjacent to an activating group) is 2. The first-order valence-corrected chi connectivity index (χ1v) is 13.8. The van der Waals surface area contributed by atoms with E-state index in [4.69, 9.17) is 28.0 Å². The normalized spacial score (nSPS) is 18.0. The van der Waals surface area contributed by atoms with Crippen LogP contribution in [-0.4, -0.2) is 87.7 Å². The third kappa shape index (κ3) is 5.28. The molecule has 1 amide bonds. The topological polar surface area (TPSA) is 95.8 Å². The van der Waals surface area contributed by atoms with Crippen LogP contribution in [0.1, 0.15) is 20.3 Å². The van der Waals surface area contributed by atoms with E-state index >= 15 is 0 Å². The van der Waals surface area contributed by atoms with Crippen molar-refractivity contribution in [1.29, 1.82) is 0 Å². The lowest BCUT2D eigenvalue weighted by Gasteiger charge is -2.37. The Balaban J connectivity index is 1.39. The molecule has 1 aromatic carbocycles. The molecule has 0 radical (unpaired) electrons. The number of hydrogen-bond acceptors (Lipinski definition) is 8. The number of carbonyl (C=O) groups is 1. The Kier molecular flexibility index (Phi) is 7.97. The van der Waals surface area contributed by atoms with E-state index in [0.717, 1.165) is 43.2 Å². The molecular weight excluding hydrogens is 541 g/mol. The van der Waals surface area contributed by atoms with Gasteiger partial charge in [-0.2, -0.15) is 4.98 Å². The third-order valence-electron chi connectivity index (χ3n) is 7.31. The average Bonchev–Trinajstić information content (AvgIpc) is 3.35. The van der Waals surface area contributed by atoms with Gasteiger partial charge in [-0.1, -0.05) is 36.2 Å². The van der Waals surface area contributed by atoms with E-state index in [1.165, 1.54) is 7.11 Å². The SMILES string of the molecule is CCN1CCN(C(=O)C2CC(Nc3ncc4cc(-c5c(Cl)cccc5Cl)c(=O)n(OC)c4n3)=CN2CC)CC1. The molecule has 0 saturated carbocycles. The number of nitrogens with one attached hydrogen (secondary N) is 1. The summed E-state index contributed by atoms with van der Waals surface area (Å²) in [6.07, 6.45) is 4.07. The Morgan fingerprint density at radius 2 is 1.85 bits per heavy atom. The first-order chi connectivity index (χ1) is 18.8. The lowest BCUT2D eigenvalue weighted by Crippen LogP contribution is -2.53. The van der Waals surface area contributed by atoms with Crippen LogP contribution in [0.2, 0.25) is 10.0 Å². The summed E-state index contributed by atoms with van der Waals surface area (Å²) < 4.78 is 1.10. The van der Waals surface area contributed by atoms with E-state index < -0.39 is 5.56 Å². The van der Waals surface area contributed by atoms with Crippen LogP contribution in [-0.2, 0) is 4.79 Å². The van der Waals surface area contributed by atoms with Gasteiger partial charge >= 0.3 is 0 Å². The molecule has 2 aliphatic rings. The molecule has 0 spiro atoms. The Morgan fingerprint density at radius 1 is 1.13 bits per heavy atom. The van der Waals surface area contributed by atoms with Crippen molar-refractivity contribution in [2.24, 2.45) is 0 Å². The molecule has 12 heteroatoms. The fourth-order valence-corrected chi connectivity index (χ4v) is 5.77. The lowest BCUT2D eigenvalue weighted by atomic mass is 10.1. The number of aromatic nitrogens is 3. The maximum absolute atomic E-state index is 13.4. The molecule has 2 aliphatic heterocycles. The summed E-state index contributed by atoms with van der Waals surface area (Å²) in [6.45, 7) is 9.16. The van der Waals surface area contributed by atoms with Gasteiger partial charge in [-0.25, -0.2) is 4.98 Å². The van der Waals surface area contributed by atoms with Crippen LogP contribution in [0.15, 0.2) is 47.2 Å². The second kappa shape index (κ2) is 11.4. The highest BCUT2D eigenvalue weighted by Gasteiger charge is 2.34. The fraction of sp³-hybridized carbons (Fsp3) is 0.407. The lowest BCUT2D eigenvalue weighted by molar-refractivity contribution is -0.137. The number of fused-ring (bicyclic) bond motifs is 1. The summed E-state index contributed by atoms with van der Waals surface area (Å²) in [7, 11) is 1.39. The quantitative estimate of drug-likeness (QED) is 0.461. The largest absolute Gasteiger partial charge is 0.412 e. The van der Waals surface area contributed by atoms with Crippen molar-refractivity contribution in [3.05, 3.63) is 62.8 Å². The first-order valence-electron chi connectivity index (χ1n) is 13.0. The second-order valence-electron chi connectivity index (χ2n) is 9.50. The summed E-state index contributed by atoms with van der Waals surface area (Å²) in [6, 6.07) is 6.44. The monoisotopic (exact) mass is 571 g/mol. The number of halogens is 2. The van der Waals surface area contributed by atoms with Crippen molar-refractivity contribution >= 4 is 46.1 Å². The molecule has 1 N–H and O–H groups in total. The molecule has 1 saturated heterocycles. The van der Waals surface area contributed by atoms with E-state index in [2.05, 4.69) is 27.1 Å². The summed E-state index contributed by atoms with van der Waals surface area (Å²) >= 11 is 12.7. The zero-order valence-corrected chi connectivity index (χ0v) is 23.7. The van der Waals surface area contributed by atoms with Crippen molar-refractivity contribution in [3.8, 4) is 11.1 Å². The van der Waals surface area contributed by atoms with Crippen molar-refractivity contribution in [2.45, 2.75) is 26.3 Å². The summed E-state index contributed by atoms with van der Waals surface area (Å²) in [5.74, 6) is 0.433. The van der Waals surface area contributed by atoms with Crippen molar-refractivity contribution in [1.82, 2.24) is 29.4 Å². The zero-order valence-electron chi connectivity index (χ0n) is 22.2. The zero-order chi connectivity index (χ0) is 27.7. The molecule has 3 aromatic rings. The average molecular weight is 572 g/mol. The smallest absolute Gasteiger partial charge is 0.293 e. The van der Waals surface area contributed by atoms with Gasteiger partial charge in [0.05, 0.1) is 15.6 Å². The van der Waals surface area contributed by atoms with Crippen LogP contribution in [0.3, 0.4) is 0 Å². The van der Waals surface area contributed by atoms with Gasteiger partial charge in [0, 0.05) is 68.2 Å². The van der Waals surface area contributed by atoms with Gasteiger partial charge in [-0.05, 0) is 31.7 Å². The van der Waals surface area contributed by atoms with Gasteiger partial charge in [-0.15, -0.1) is 4.73 Å². The molecule has 206 valence electrons. The number of amides is 1. The number of piperazine rings is 1. The number of pyridine rings is 1. The maximum atomic E-state index is 13.4. The van der Waals surface area contributed by atoms with Gasteiger partial charge in [-0.3, -0.25) is 9.59 Å². The van der Waals surface area contributed by atoms with Crippen LogP contribution in [0.5, 0.6) is 0 Å². The van der Waals surface area contributed by atoms with E-state index in [0.29, 0.717) is 45.6 Å². The molecule has 5 rings (SSSR count). The minimum absolute atomic E-state index is 0.138. The molecule has 10 nitrogen and oxygen atoms in total. The minimum Gasteiger partial charge on any atom is -0.412 e. The third-order valence-corrected chi connectivity index (χ3v) is 7.94.